The quantitative estimate of drug-likeness (QED) is 0.835. The lowest BCUT2D eigenvalue weighted by atomic mass is 10.1. The molecule has 2 rings (SSSR count). The van der Waals surface area contributed by atoms with Crippen molar-refractivity contribution in [2.75, 3.05) is 19.7 Å². The summed E-state index contributed by atoms with van der Waals surface area (Å²) in [5.74, 6) is -0.260. The van der Waals surface area contributed by atoms with Crippen molar-refractivity contribution in [3.63, 3.8) is 0 Å². The molecule has 0 aromatic heterocycles. The number of nitrogens with zero attached hydrogens (tertiary/aromatic N) is 1. The van der Waals surface area contributed by atoms with Crippen LogP contribution < -0.4 is 4.74 Å². The second-order valence-electron chi connectivity index (χ2n) is 5.21. The van der Waals surface area contributed by atoms with Crippen molar-refractivity contribution < 1.29 is 19.4 Å². The van der Waals surface area contributed by atoms with E-state index in [0.29, 0.717) is 25.3 Å². The molecule has 1 aliphatic carbocycles. The summed E-state index contributed by atoms with van der Waals surface area (Å²) in [4.78, 5) is 24.4. The van der Waals surface area contributed by atoms with Gasteiger partial charge in [0.1, 0.15) is 5.75 Å². The van der Waals surface area contributed by atoms with Gasteiger partial charge in [-0.15, -0.1) is 0 Å². The lowest BCUT2D eigenvalue weighted by Crippen LogP contribution is -2.34. The maximum absolute atomic E-state index is 11.8. The van der Waals surface area contributed by atoms with E-state index in [1.54, 1.807) is 17.0 Å². The SMILES string of the molecule is CCN(CC)C(=O)COc1ccc(C2CC2C(=O)O)cc1. The highest BCUT2D eigenvalue weighted by molar-refractivity contribution is 5.77. The Morgan fingerprint density at radius 2 is 1.86 bits per heavy atom. The van der Waals surface area contributed by atoms with Gasteiger partial charge < -0.3 is 14.7 Å². The predicted octanol–water partition coefficient (Wildman–Crippen LogP) is 2.12. The highest BCUT2D eigenvalue weighted by atomic mass is 16.5. The topological polar surface area (TPSA) is 66.8 Å². The summed E-state index contributed by atoms with van der Waals surface area (Å²) >= 11 is 0. The zero-order valence-electron chi connectivity index (χ0n) is 12.4. The Morgan fingerprint density at radius 1 is 1.24 bits per heavy atom. The van der Waals surface area contributed by atoms with Gasteiger partial charge in [-0.05, 0) is 43.9 Å². The van der Waals surface area contributed by atoms with Gasteiger partial charge in [0, 0.05) is 13.1 Å². The number of hydrogen-bond acceptors (Lipinski definition) is 3. The van der Waals surface area contributed by atoms with Crippen LogP contribution in [-0.2, 0) is 9.59 Å². The number of aliphatic carboxylic acids is 1. The Kier molecular flexibility index (Phi) is 4.83. The van der Waals surface area contributed by atoms with Crippen LogP contribution in [0.5, 0.6) is 5.75 Å². The van der Waals surface area contributed by atoms with Crippen molar-refractivity contribution in [2.45, 2.75) is 26.2 Å². The first kappa shape index (κ1) is 15.4. The average Bonchev–Trinajstić information content (AvgIpc) is 3.27. The van der Waals surface area contributed by atoms with Gasteiger partial charge in [-0.1, -0.05) is 12.1 Å². The second-order valence-corrected chi connectivity index (χ2v) is 5.21. The maximum Gasteiger partial charge on any atom is 0.307 e. The molecule has 0 aliphatic heterocycles. The van der Waals surface area contributed by atoms with E-state index in [1.807, 2.05) is 26.0 Å². The third-order valence-electron chi connectivity index (χ3n) is 3.89. The van der Waals surface area contributed by atoms with Crippen molar-refractivity contribution in [2.24, 2.45) is 5.92 Å². The molecule has 0 radical (unpaired) electrons. The Bertz CT molecular complexity index is 508. The van der Waals surface area contributed by atoms with E-state index >= 15 is 0 Å². The summed E-state index contributed by atoms with van der Waals surface area (Å²) < 4.78 is 5.47. The smallest absolute Gasteiger partial charge is 0.307 e. The molecule has 1 aromatic rings. The predicted molar refractivity (Wildman–Crippen MR) is 78.3 cm³/mol. The number of carboxylic acids is 1. The molecule has 0 heterocycles. The summed E-state index contributed by atoms with van der Waals surface area (Å²) in [5, 5.41) is 8.92. The molecule has 1 fully saturated rings. The minimum Gasteiger partial charge on any atom is -0.484 e. The van der Waals surface area contributed by atoms with Crippen LogP contribution in [0.2, 0.25) is 0 Å². The molecule has 1 saturated carbocycles. The number of likely N-dealkylation sites (N-methyl/N-ethyl adjacent to an activating group) is 1. The van der Waals surface area contributed by atoms with Crippen molar-refractivity contribution in [3.8, 4) is 5.75 Å². The van der Waals surface area contributed by atoms with Crippen LogP contribution in [0.1, 0.15) is 31.7 Å². The van der Waals surface area contributed by atoms with Crippen LogP contribution in [0.15, 0.2) is 24.3 Å². The monoisotopic (exact) mass is 291 g/mol. The number of carboxylic acid groups (broad SMARTS) is 1. The number of carbonyl (C=O) groups excluding carboxylic acids is 1. The van der Waals surface area contributed by atoms with E-state index < -0.39 is 5.97 Å². The summed E-state index contributed by atoms with van der Waals surface area (Å²) in [7, 11) is 0. The number of amides is 1. The highest BCUT2D eigenvalue weighted by Gasteiger charge is 2.44. The summed E-state index contributed by atoms with van der Waals surface area (Å²) in [6.45, 7) is 5.25. The molecule has 1 amide bonds. The molecular weight excluding hydrogens is 270 g/mol. The van der Waals surface area contributed by atoms with Crippen molar-refractivity contribution in [3.05, 3.63) is 29.8 Å². The Hall–Kier alpha value is -2.04. The molecular formula is C16H21NO4. The van der Waals surface area contributed by atoms with Crippen molar-refractivity contribution in [1.82, 2.24) is 4.90 Å². The first-order valence-electron chi connectivity index (χ1n) is 7.30. The lowest BCUT2D eigenvalue weighted by Gasteiger charge is -2.18. The minimum absolute atomic E-state index is 0.0300. The molecule has 114 valence electrons. The fourth-order valence-corrected chi connectivity index (χ4v) is 2.46. The van der Waals surface area contributed by atoms with Crippen LogP contribution >= 0.6 is 0 Å². The molecule has 0 saturated heterocycles. The molecule has 1 aromatic carbocycles. The first-order chi connectivity index (χ1) is 10.1. The number of rotatable bonds is 7. The van der Waals surface area contributed by atoms with E-state index in [4.69, 9.17) is 9.84 Å². The van der Waals surface area contributed by atoms with E-state index in [-0.39, 0.29) is 24.3 Å². The van der Waals surface area contributed by atoms with Crippen LogP contribution in [0.4, 0.5) is 0 Å². The highest BCUT2D eigenvalue weighted by Crippen LogP contribution is 2.47. The van der Waals surface area contributed by atoms with E-state index in [1.165, 1.54) is 0 Å². The number of ether oxygens (including phenoxy) is 1. The molecule has 21 heavy (non-hydrogen) atoms. The molecule has 0 spiro atoms. The fourth-order valence-electron chi connectivity index (χ4n) is 2.46. The van der Waals surface area contributed by atoms with E-state index in [0.717, 1.165) is 5.56 Å². The molecule has 1 aliphatic rings. The van der Waals surface area contributed by atoms with Crippen LogP contribution in [0, 0.1) is 5.92 Å². The third-order valence-corrected chi connectivity index (χ3v) is 3.89. The molecule has 0 bridgehead atoms. The van der Waals surface area contributed by atoms with Gasteiger partial charge in [-0.2, -0.15) is 0 Å². The molecule has 5 heteroatoms. The molecule has 2 atom stereocenters. The van der Waals surface area contributed by atoms with Crippen LogP contribution in [0.25, 0.3) is 0 Å². The van der Waals surface area contributed by atoms with Gasteiger partial charge >= 0.3 is 5.97 Å². The average molecular weight is 291 g/mol. The second kappa shape index (κ2) is 6.61. The number of benzene rings is 1. The standard InChI is InChI=1S/C16H21NO4/c1-3-17(4-2)15(18)10-21-12-7-5-11(6-8-12)13-9-14(13)16(19)20/h5-8,13-14H,3-4,9-10H2,1-2H3,(H,19,20). The maximum atomic E-state index is 11.8. The Morgan fingerprint density at radius 3 is 2.33 bits per heavy atom. The fraction of sp³-hybridized carbons (Fsp3) is 0.500. The number of hydrogen-bond donors (Lipinski definition) is 1. The van der Waals surface area contributed by atoms with E-state index in [2.05, 4.69) is 0 Å². The van der Waals surface area contributed by atoms with Gasteiger partial charge in [0.15, 0.2) is 6.61 Å². The Balaban J connectivity index is 1.86. The van der Waals surface area contributed by atoms with Gasteiger partial charge in [0.05, 0.1) is 5.92 Å². The molecule has 5 nitrogen and oxygen atoms in total. The number of carbonyl (C=O) groups is 2. The normalized spacial score (nSPS) is 19.9. The Labute approximate surface area is 124 Å². The third kappa shape index (κ3) is 3.74. The zero-order valence-corrected chi connectivity index (χ0v) is 12.4. The van der Waals surface area contributed by atoms with Gasteiger partial charge in [-0.3, -0.25) is 9.59 Å². The van der Waals surface area contributed by atoms with Gasteiger partial charge in [0.2, 0.25) is 0 Å². The van der Waals surface area contributed by atoms with Crippen molar-refractivity contribution >= 4 is 11.9 Å². The van der Waals surface area contributed by atoms with Gasteiger partial charge in [0.25, 0.3) is 5.91 Å². The first-order valence-corrected chi connectivity index (χ1v) is 7.30. The zero-order chi connectivity index (χ0) is 15.4. The van der Waals surface area contributed by atoms with Crippen LogP contribution in [-0.4, -0.2) is 41.6 Å². The lowest BCUT2D eigenvalue weighted by molar-refractivity contribution is -0.138. The summed E-state index contributed by atoms with van der Waals surface area (Å²) in [6.07, 6.45) is 0.704. The van der Waals surface area contributed by atoms with E-state index in [9.17, 15) is 9.59 Å². The summed E-state index contributed by atoms with van der Waals surface area (Å²) in [6, 6.07) is 7.35. The van der Waals surface area contributed by atoms with Crippen molar-refractivity contribution in [1.29, 1.82) is 0 Å². The molecule has 1 N–H and O–H groups in total. The largest absolute Gasteiger partial charge is 0.484 e. The van der Waals surface area contributed by atoms with Crippen LogP contribution in [0.3, 0.4) is 0 Å². The minimum atomic E-state index is -0.731. The van der Waals surface area contributed by atoms with Gasteiger partial charge in [-0.25, -0.2) is 0 Å². The summed E-state index contributed by atoms with van der Waals surface area (Å²) in [5.41, 5.74) is 1.02. The molecule has 2 unspecified atom stereocenters.